The molecule has 4 nitrogen and oxygen atoms in total. The number of ether oxygens (including phenoxy) is 1. The van der Waals surface area contributed by atoms with Crippen molar-refractivity contribution in [2.75, 3.05) is 18.9 Å². The third kappa shape index (κ3) is 4.50. The maximum Gasteiger partial charge on any atom is 0.411 e. The minimum absolute atomic E-state index is 0.0749. The van der Waals surface area contributed by atoms with Crippen LogP contribution in [0.3, 0.4) is 0 Å². The number of hydrogen-bond acceptors (Lipinski definition) is 4. The highest BCUT2D eigenvalue weighted by atomic mass is 19.4. The lowest BCUT2D eigenvalue weighted by Gasteiger charge is -2.16. The van der Waals surface area contributed by atoms with Gasteiger partial charge in [0.1, 0.15) is 12.4 Å². The van der Waals surface area contributed by atoms with Crippen molar-refractivity contribution in [1.29, 1.82) is 0 Å². The molecule has 0 aliphatic heterocycles. The summed E-state index contributed by atoms with van der Waals surface area (Å²) in [5.41, 5.74) is 13.1. The number of nitrogens with two attached hydrogens (primary N) is 2. The minimum Gasteiger partial charge on any atom is -0.383 e. The molecule has 1 rings (SSSR count). The van der Waals surface area contributed by atoms with Crippen molar-refractivity contribution in [3.05, 3.63) is 23.4 Å². The average Bonchev–Trinajstić information content (AvgIpc) is 2.23. The normalized spacial score (nSPS) is 13.6. The van der Waals surface area contributed by atoms with Gasteiger partial charge in [-0.25, -0.2) is 4.98 Å². The Hall–Kier alpha value is -1.34. The van der Waals surface area contributed by atoms with Crippen LogP contribution in [-0.2, 0) is 4.74 Å². The van der Waals surface area contributed by atoms with Gasteiger partial charge in [0.25, 0.3) is 0 Å². The maximum absolute atomic E-state index is 11.8. The number of halogens is 3. The molecule has 1 aromatic heterocycles. The van der Waals surface area contributed by atoms with Crippen LogP contribution < -0.4 is 11.5 Å². The van der Waals surface area contributed by atoms with Gasteiger partial charge in [0, 0.05) is 24.4 Å². The number of aromatic nitrogens is 1. The van der Waals surface area contributed by atoms with E-state index in [-0.39, 0.29) is 13.0 Å². The van der Waals surface area contributed by atoms with Crippen LogP contribution in [0.5, 0.6) is 0 Å². The van der Waals surface area contributed by atoms with E-state index in [0.29, 0.717) is 11.4 Å². The second-order valence-electron chi connectivity index (χ2n) is 3.99. The lowest BCUT2D eigenvalue weighted by atomic mass is 10.0. The fourth-order valence-electron chi connectivity index (χ4n) is 1.62. The van der Waals surface area contributed by atoms with Crippen LogP contribution in [0.4, 0.5) is 19.0 Å². The average molecular weight is 263 g/mol. The van der Waals surface area contributed by atoms with E-state index in [1.165, 1.54) is 0 Å². The lowest BCUT2D eigenvalue weighted by Crippen LogP contribution is -2.21. The summed E-state index contributed by atoms with van der Waals surface area (Å²) in [4.78, 5) is 3.91. The second kappa shape index (κ2) is 6.01. The summed E-state index contributed by atoms with van der Waals surface area (Å²) in [6.45, 7) is 0.486. The number of hydrogen-bond donors (Lipinski definition) is 2. The number of pyridine rings is 1. The van der Waals surface area contributed by atoms with Crippen molar-refractivity contribution in [2.45, 2.75) is 25.6 Å². The monoisotopic (exact) mass is 263 g/mol. The first-order valence-corrected chi connectivity index (χ1v) is 5.42. The molecule has 7 heteroatoms. The van der Waals surface area contributed by atoms with E-state index in [2.05, 4.69) is 9.72 Å². The molecule has 0 aromatic carbocycles. The van der Waals surface area contributed by atoms with Gasteiger partial charge in [-0.15, -0.1) is 0 Å². The number of alkyl halides is 3. The highest BCUT2D eigenvalue weighted by molar-refractivity contribution is 5.45. The number of nitrogens with zero attached hydrogens (tertiary/aromatic N) is 1. The smallest absolute Gasteiger partial charge is 0.383 e. The van der Waals surface area contributed by atoms with Crippen LogP contribution >= 0.6 is 0 Å². The lowest BCUT2D eigenvalue weighted by molar-refractivity contribution is -0.174. The van der Waals surface area contributed by atoms with Gasteiger partial charge >= 0.3 is 6.18 Å². The molecule has 0 amide bonds. The van der Waals surface area contributed by atoms with E-state index in [9.17, 15) is 13.2 Å². The van der Waals surface area contributed by atoms with E-state index in [4.69, 9.17) is 11.5 Å². The van der Waals surface area contributed by atoms with Crippen molar-refractivity contribution < 1.29 is 17.9 Å². The van der Waals surface area contributed by atoms with E-state index < -0.39 is 18.8 Å². The summed E-state index contributed by atoms with van der Waals surface area (Å²) >= 11 is 0. The molecule has 1 aromatic rings. The van der Waals surface area contributed by atoms with Gasteiger partial charge in [-0.05, 0) is 25.0 Å². The molecule has 1 heterocycles. The van der Waals surface area contributed by atoms with Crippen LogP contribution in [-0.4, -0.2) is 24.4 Å². The summed E-state index contributed by atoms with van der Waals surface area (Å²) in [5.74, 6) is 0.304. The van der Waals surface area contributed by atoms with Crippen molar-refractivity contribution in [3.8, 4) is 0 Å². The van der Waals surface area contributed by atoms with Gasteiger partial charge in [-0.3, -0.25) is 0 Å². The highest BCUT2D eigenvalue weighted by Crippen LogP contribution is 2.23. The third-order valence-corrected chi connectivity index (χ3v) is 2.45. The van der Waals surface area contributed by atoms with Gasteiger partial charge in [-0.2, -0.15) is 13.2 Å². The first-order valence-electron chi connectivity index (χ1n) is 5.42. The highest BCUT2D eigenvalue weighted by Gasteiger charge is 2.27. The molecule has 0 aliphatic rings. The zero-order valence-corrected chi connectivity index (χ0v) is 10.00. The summed E-state index contributed by atoms with van der Waals surface area (Å²) in [6, 6.07) is 1.27. The standard InChI is InChI=1S/C11H16F3N3O/c1-7-2-4-17-10(16)9(7)8(15)3-5-18-6-11(12,13)14/h2,4,8H,3,5-6,15H2,1H3,(H2,16,17). The van der Waals surface area contributed by atoms with Gasteiger partial charge in [-0.1, -0.05) is 0 Å². The van der Waals surface area contributed by atoms with Crippen molar-refractivity contribution in [2.24, 2.45) is 5.73 Å². The van der Waals surface area contributed by atoms with Gasteiger partial charge < -0.3 is 16.2 Å². The molecule has 0 radical (unpaired) electrons. The van der Waals surface area contributed by atoms with Crippen LogP contribution in [0.25, 0.3) is 0 Å². The zero-order valence-electron chi connectivity index (χ0n) is 10.00. The molecule has 102 valence electrons. The largest absolute Gasteiger partial charge is 0.411 e. The van der Waals surface area contributed by atoms with Gasteiger partial charge in [0.05, 0.1) is 0 Å². The predicted octanol–water partition coefficient (Wildman–Crippen LogP) is 1.94. The zero-order chi connectivity index (χ0) is 13.8. The number of rotatable bonds is 5. The third-order valence-electron chi connectivity index (χ3n) is 2.45. The number of aryl methyl sites for hydroxylation is 1. The van der Waals surface area contributed by atoms with Crippen LogP contribution in [0.2, 0.25) is 0 Å². The maximum atomic E-state index is 11.8. The molecule has 0 spiro atoms. The molecule has 0 saturated heterocycles. The van der Waals surface area contributed by atoms with Crippen LogP contribution in [0.15, 0.2) is 12.3 Å². The van der Waals surface area contributed by atoms with E-state index in [0.717, 1.165) is 5.56 Å². The molecular weight excluding hydrogens is 247 g/mol. The van der Waals surface area contributed by atoms with Crippen LogP contribution in [0, 0.1) is 6.92 Å². The van der Waals surface area contributed by atoms with Crippen molar-refractivity contribution in [1.82, 2.24) is 4.98 Å². The Morgan fingerprint density at radius 2 is 2.11 bits per heavy atom. The van der Waals surface area contributed by atoms with Gasteiger partial charge in [0.2, 0.25) is 0 Å². The Morgan fingerprint density at radius 1 is 1.44 bits per heavy atom. The Labute approximate surface area is 103 Å². The molecule has 0 bridgehead atoms. The molecule has 0 saturated carbocycles. The Morgan fingerprint density at radius 3 is 2.67 bits per heavy atom. The number of nitrogen functional groups attached to an aromatic ring is 1. The first kappa shape index (κ1) is 14.7. The minimum atomic E-state index is -4.31. The fraction of sp³-hybridized carbons (Fsp3) is 0.545. The predicted molar refractivity (Wildman–Crippen MR) is 61.8 cm³/mol. The summed E-state index contributed by atoms with van der Waals surface area (Å²) in [5, 5.41) is 0. The number of anilines is 1. The molecule has 1 unspecified atom stereocenters. The topological polar surface area (TPSA) is 74.2 Å². The molecule has 4 N–H and O–H groups in total. The Kier molecular flexibility index (Phi) is 4.92. The SMILES string of the molecule is Cc1ccnc(N)c1C(N)CCOCC(F)(F)F. The van der Waals surface area contributed by atoms with Crippen molar-refractivity contribution in [3.63, 3.8) is 0 Å². The molecule has 1 atom stereocenters. The Balaban J connectivity index is 2.48. The summed E-state index contributed by atoms with van der Waals surface area (Å²) in [6.07, 6.45) is -2.50. The molecule has 0 aliphatic carbocycles. The molecule has 18 heavy (non-hydrogen) atoms. The summed E-state index contributed by atoms with van der Waals surface area (Å²) in [7, 11) is 0. The second-order valence-corrected chi connectivity index (χ2v) is 3.99. The quantitative estimate of drug-likeness (QED) is 0.796. The van der Waals surface area contributed by atoms with E-state index >= 15 is 0 Å². The Bertz CT molecular complexity index is 375. The van der Waals surface area contributed by atoms with Gasteiger partial charge in [0.15, 0.2) is 0 Å². The van der Waals surface area contributed by atoms with E-state index in [1.807, 2.05) is 6.92 Å². The van der Waals surface area contributed by atoms with E-state index in [1.54, 1.807) is 12.3 Å². The summed E-state index contributed by atoms with van der Waals surface area (Å²) < 4.78 is 40.0. The molecule has 0 fully saturated rings. The fourth-order valence-corrected chi connectivity index (χ4v) is 1.62. The van der Waals surface area contributed by atoms with Crippen LogP contribution in [0.1, 0.15) is 23.6 Å². The molecular formula is C11H16F3N3O. The van der Waals surface area contributed by atoms with Crippen molar-refractivity contribution >= 4 is 5.82 Å². The first-order chi connectivity index (χ1) is 8.31.